The fourth-order valence-electron chi connectivity index (χ4n) is 2.67. The third-order valence-electron chi connectivity index (χ3n) is 4.01. The first kappa shape index (κ1) is 19.2. The SMILES string of the molecule is CC(C)CCn1c(OC(C)C)nc2c1c(=O)n(CCCO)c(=O)n2C. The molecule has 0 aliphatic carbocycles. The average Bonchev–Trinajstić information content (AvgIpc) is 2.88. The van der Waals surface area contributed by atoms with Crippen LogP contribution in [0, 0.1) is 5.92 Å². The number of hydrogen-bond acceptors (Lipinski definition) is 5. The zero-order valence-corrected chi connectivity index (χ0v) is 15.7. The minimum atomic E-state index is -0.435. The van der Waals surface area contributed by atoms with E-state index >= 15 is 0 Å². The molecule has 0 atom stereocenters. The van der Waals surface area contributed by atoms with Crippen LogP contribution < -0.4 is 16.0 Å². The summed E-state index contributed by atoms with van der Waals surface area (Å²) in [5, 5.41) is 9.03. The van der Waals surface area contributed by atoms with Crippen LogP contribution in [0.5, 0.6) is 6.01 Å². The molecule has 8 heteroatoms. The number of aliphatic hydroxyl groups is 1. The Morgan fingerprint density at radius 2 is 1.80 bits per heavy atom. The van der Waals surface area contributed by atoms with E-state index in [0.717, 1.165) is 11.0 Å². The van der Waals surface area contributed by atoms with Crippen molar-refractivity contribution in [1.82, 2.24) is 18.7 Å². The van der Waals surface area contributed by atoms with Gasteiger partial charge in [0.25, 0.3) is 11.6 Å². The van der Waals surface area contributed by atoms with Crippen LogP contribution >= 0.6 is 0 Å². The molecule has 0 fully saturated rings. The Morgan fingerprint density at radius 1 is 1.12 bits per heavy atom. The van der Waals surface area contributed by atoms with Gasteiger partial charge < -0.3 is 9.84 Å². The van der Waals surface area contributed by atoms with Crippen molar-refractivity contribution in [2.24, 2.45) is 13.0 Å². The Balaban J connectivity index is 2.72. The highest BCUT2D eigenvalue weighted by Gasteiger charge is 2.21. The molecule has 1 N–H and O–H groups in total. The summed E-state index contributed by atoms with van der Waals surface area (Å²) in [6, 6.07) is 0.359. The first-order valence-corrected chi connectivity index (χ1v) is 8.75. The quantitative estimate of drug-likeness (QED) is 0.768. The molecule has 0 radical (unpaired) electrons. The molecule has 2 rings (SSSR count). The topological polar surface area (TPSA) is 91.3 Å². The van der Waals surface area contributed by atoms with Gasteiger partial charge in [0.15, 0.2) is 11.2 Å². The molecule has 8 nitrogen and oxygen atoms in total. The molecule has 0 spiro atoms. The van der Waals surface area contributed by atoms with Gasteiger partial charge in [-0.2, -0.15) is 4.98 Å². The molecule has 0 aliphatic heterocycles. The Bertz CT molecular complexity index is 845. The van der Waals surface area contributed by atoms with E-state index in [1.54, 1.807) is 11.6 Å². The number of aryl methyl sites for hydroxylation is 2. The summed E-state index contributed by atoms with van der Waals surface area (Å²) in [5.41, 5.74) is -0.122. The second-order valence-electron chi connectivity index (χ2n) is 6.94. The molecular formula is C17H28N4O4. The Labute approximate surface area is 146 Å². The van der Waals surface area contributed by atoms with Gasteiger partial charge in [-0.05, 0) is 32.6 Å². The zero-order valence-electron chi connectivity index (χ0n) is 15.7. The van der Waals surface area contributed by atoms with Crippen molar-refractivity contribution >= 4 is 11.2 Å². The van der Waals surface area contributed by atoms with E-state index in [2.05, 4.69) is 18.8 Å². The highest BCUT2D eigenvalue weighted by molar-refractivity contribution is 5.71. The lowest BCUT2D eigenvalue weighted by atomic mass is 10.1. The van der Waals surface area contributed by atoms with Gasteiger partial charge in [0, 0.05) is 26.7 Å². The zero-order chi connectivity index (χ0) is 18.7. The second kappa shape index (κ2) is 7.86. The first-order chi connectivity index (χ1) is 11.8. The predicted molar refractivity (Wildman–Crippen MR) is 96.2 cm³/mol. The first-order valence-electron chi connectivity index (χ1n) is 8.75. The van der Waals surface area contributed by atoms with E-state index in [-0.39, 0.29) is 24.8 Å². The summed E-state index contributed by atoms with van der Waals surface area (Å²) in [6.07, 6.45) is 1.11. The molecule has 25 heavy (non-hydrogen) atoms. The van der Waals surface area contributed by atoms with Crippen LogP contribution in [0.2, 0.25) is 0 Å². The number of aromatic nitrogens is 4. The van der Waals surface area contributed by atoms with Gasteiger partial charge in [0.1, 0.15) is 0 Å². The van der Waals surface area contributed by atoms with Gasteiger partial charge in [-0.3, -0.25) is 18.5 Å². The lowest BCUT2D eigenvalue weighted by molar-refractivity contribution is 0.211. The summed E-state index contributed by atoms with van der Waals surface area (Å²) in [5.74, 6) is 0.452. The molecule has 0 amide bonds. The molecule has 0 bridgehead atoms. The molecule has 140 valence electrons. The van der Waals surface area contributed by atoms with Crippen LogP contribution in [0.15, 0.2) is 9.59 Å². The van der Waals surface area contributed by atoms with Crippen LogP contribution in [-0.4, -0.2) is 36.5 Å². The van der Waals surface area contributed by atoms with E-state index in [9.17, 15) is 9.59 Å². The Morgan fingerprint density at radius 3 is 2.36 bits per heavy atom. The van der Waals surface area contributed by atoms with Crippen LogP contribution in [0.25, 0.3) is 11.2 Å². The van der Waals surface area contributed by atoms with Crippen LogP contribution in [0.3, 0.4) is 0 Å². The number of nitrogens with zero attached hydrogens (tertiary/aromatic N) is 4. The number of ether oxygens (including phenoxy) is 1. The van der Waals surface area contributed by atoms with Gasteiger partial charge in [0.2, 0.25) is 0 Å². The molecule has 2 aromatic rings. The number of fused-ring (bicyclic) bond motifs is 1. The summed E-state index contributed by atoms with van der Waals surface area (Å²) >= 11 is 0. The van der Waals surface area contributed by atoms with Crippen molar-refractivity contribution in [3.8, 4) is 6.01 Å². The van der Waals surface area contributed by atoms with Gasteiger partial charge >= 0.3 is 5.69 Å². The molecule has 0 unspecified atom stereocenters. The lowest BCUT2D eigenvalue weighted by Crippen LogP contribution is -2.39. The van der Waals surface area contributed by atoms with E-state index in [0.29, 0.717) is 36.1 Å². The third kappa shape index (κ3) is 3.95. The molecule has 2 heterocycles. The third-order valence-corrected chi connectivity index (χ3v) is 4.01. The summed E-state index contributed by atoms with van der Waals surface area (Å²) in [4.78, 5) is 29.8. The van der Waals surface area contributed by atoms with Crippen LogP contribution in [0.1, 0.15) is 40.5 Å². The molecule has 0 aromatic carbocycles. The molecule has 0 aliphatic rings. The monoisotopic (exact) mass is 352 g/mol. The maximum absolute atomic E-state index is 12.9. The number of hydrogen-bond donors (Lipinski definition) is 1. The van der Waals surface area contributed by atoms with Crippen LogP contribution in [0.4, 0.5) is 0 Å². The summed E-state index contributed by atoms with van der Waals surface area (Å²) in [7, 11) is 1.60. The Hall–Kier alpha value is -2.09. The Kier molecular flexibility index (Phi) is 6.05. The standard InChI is InChI=1S/C17H28N4O4/c1-11(2)7-9-20-13-14(18-16(20)25-12(3)4)19(5)17(24)21(15(13)23)8-6-10-22/h11-12,22H,6-10H2,1-5H3. The normalized spacial score (nSPS) is 11.8. The fourth-order valence-corrected chi connectivity index (χ4v) is 2.67. The molecule has 0 saturated heterocycles. The molecule has 0 saturated carbocycles. The minimum absolute atomic E-state index is 0.0814. The van der Waals surface area contributed by atoms with Gasteiger partial charge in [-0.1, -0.05) is 13.8 Å². The van der Waals surface area contributed by atoms with Gasteiger partial charge in [0.05, 0.1) is 6.10 Å². The fraction of sp³-hybridized carbons (Fsp3) is 0.706. The largest absolute Gasteiger partial charge is 0.462 e. The highest BCUT2D eigenvalue weighted by Crippen LogP contribution is 2.20. The van der Waals surface area contributed by atoms with E-state index < -0.39 is 5.69 Å². The predicted octanol–water partition coefficient (Wildman–Crippen LogP) is 1.11. The van der Waals surface area contributed by atoms with Crippen molar-refractivity contribution in [3.63, 3.8) is 0 Å². The average molecular weight is 352 g/mol. The smallest absolute Gasteiger partial charge is 0.332 e. The van der Waals surface area contributed by atoms with Crippen molar-refractivity contribution < 1.29 is 9.84 Å². The van der Waals surface area contributed by atoms with Crippen molar-refractivity contribution in [2.75, 3.05) is 6.61 Å². The lowest BCUT2D eigenvalue weighted by Gasteiger charge is -2.13. The molecular weight excluding hydrogens is 324 g/mol. The number of imidazole rings is 1. The highest BCUT2D eigenvalue weighted by atomic mass is 16.5. The number of rotatable bonds is 8. The minimum Gasteiger partial charge on any atom is -0.462 e. The van der Waals surface area contributed by atoms with Gasteiger partial charge in [-0.25, -0.2) is 4.79 Å². The van der Waals surface area contributed by atoms with Crippen molar-refractivity contribution in [2.45, 2.75) is 59.7 Å². The maximum Gasteiger partial charge on any atom is 0.332 e. The van der Waals surface area contributed by atoms with Crippen molar-refractivity contribution in [1.29, 1.82) is 0 Å². The van der Waals surface area contributed by atoms with Crippen molar-refractivity contribution in [3.05, 3.63) is 20.8 Å². The second-order valence-corrected chi connectivity index (χ2v) is 6.94. The summed E-state index contributed by atoms with van der Waals surface area (Å²) < 4.78 is 10.1. The van der Waals surface area contributed by atoms with E-state index in [1.807, 2.05) is 13.8 Å². The molecule has 2 aromatic heterocycles. The summed E-state index contributed by atoms with van der Waals surface area (Å²) in [6.45, 7) is 8.68. The maximum atomic E-state index is 12.9. The number of aliphatic hydroxyl groups excluding tert-OH is 1. The van der Waals surface area contributed by atoms with E-state index in [1.165, 1.54) is 4.57 Å². The van der Waals surface area contributed by atoms with Gasteiger partial charge in [-0.15, -0.1) is 0 Å². The van der Waals surface area contributed by atoms with E-state index in [4.69, 9.17) is 9.84 Å². The van der Waals surface area contributed by atoms with Crippen LogP contribution in [-0.2, 0) is 20.1 Å².